The Bertz CT molecular complexity index is 490. The third kappa shape index (κ3) is 2.62. The van der Waals surface area contributed by atoms with Crippen LogP contribution >= 0.6 is 15.9 Å². The quantitative estimate of drug-likeness (QED) is 0.792. The summed E-state index contributed by atoms with van der Waals surface area (Å²) in [6.45, 7) is 4.62. The van der Waals surface area contributed by atoms with E-state index < -0.39 is 6.10 Å². The van der Waals surface area contributed by atoms with E-state index in [0.717, 1.165) is 46.9 Å². The summed E-state index contributed by atoms with van der Waals surface area (Å²) < 4.78 is 7.33. The molecule has 0 saturated heterocycles. The Hall–Kier alpha value is -0.540. The Kier molecular flexibility index (Phi) is 3.85. The molecule has 2 aliphatic rings. The average Bonchev–Trinajstić information content (AvgIpc) is 2.40. The van der Waals surface area contributed by atoms with Gasteiger partial charge in [0.2, 0.25) is 0 Å². The van der Waals surface area contributed by atoms with Crippen molar-refractivity contribution in [3.8, 4) is 5.75 Å². The summed E-state index contributed by atoms with van der Waals surface area (Å²) >= 11 is 3.46. The molecule has 1 spiro atoms. The van der Waals surface area contributed by atoms with Crippen LogP contribution in [0.15, 0.2) is 22.7 Å². The van der Waals surface area contributed by atoms with Gasteiger partial charge in [-0.25, -0.2) is 0 Å². The van der Waals surface area contributed by atoms with Crippen molar-refractivity contribution in [3.05, 3.63) is 28.2 Å². The number of halogens is 1. The summed E-state index contributed by atoms with van der Waals surface area (Å²) in [4.78, 5) is 0. The van der Waals surface area contributed by atoms with Gasteiger partial charge in [-0.2, -0.15) is 0 Å². The van der Waals surface area contributed by atoms with Crippen LogP contribution in [-0.2, 0) is 0 Å². The van der Waals surface area contributed by atoms with Gasteiger partial charge in [-0.15, -0.1) is 0 Å². The van der Waals surface area contributed by atoms with Crippen LogP contribution in [0.1, 0.15) is 57.6 Å². The minimum absolute atomic E-state index is 0.133. The Morgan fingerprint density at radius 2 is 2.00 bits per heavy atom. The smallest absolute Gasteiger partial charge is 0.126 e. The molecule has 3 rings (SSSR count). The van der Waals surface area contributed by atoms with E-state index in [2.05, 4.69) is 29.8 Å². The maximum Gasteiger partial charge on any atom is 0.126 e. The average molecular weight is 339 g/mol. The van der Waals surface area contributed by atoms with Crippen molar-refractivity contribution in [1.82, 2.24) is 0 Å². The number of hydrogen-bond donors (Lipinski definition) is 1. The lowest BCUT2D eigenvalue weighted by atomic mass is 9.71. The van der Waals surface area contributed by atoms with Crippen LogP contribution in [0.25, 0.3) is 0 Å². The second kappa shape index (κ2) is 5.34. The lowest BCUT2D eigenvalue weighted by Gasteiger charge is -2.45. The van der Waals surface area contributed by atoms with Gasteiger partial charge >= 0.3 is 0 Å². The number of benzene rings is 1. The largest absolute Gasteiger partial charge is 0.487 e. The predicted octanol–water partition coefficient (Wildman–Crippen LogP) is 4.85. The Balaban J connectivity index is 1.80. The monoisotopic (exact) mass is 338 g/mol. The van der Waals surface area contributed by atoms with Crippen molar-refractivity contribution in [2.45, 2.75) is 57.7 Å². The van der Waals surface area contributed by atoms with Crippen molar-refractivity contribution in [1.29, 1.82) is 0 Å². The second-order valence-electron chi connectivity index (χ2n) is 6.77. The zero-order valence-corrected chi connectivity index (χ0v) is 13.8. The Morgan fingerprint density at radius 3 is 2.65 bits per heavy atom. The lowest BCUT2D eigenvalue weighted by molar-refractivity contribution is -0.0503. The molecule has 1 heterocycles. The molecule has 1 fully saturated rings. The van der Waals surface area contributed by atoms with Gasteiger partial charge in [-0.05, 0) is 55.7 Å². The van der Waals surface area contributed by atoms with Crippen LogP contribution in [0.2, 0.25) is 0 Å². The molecule has 2 nitrogen and oxygen atoms in total. The summed E-state index contributed by atoms with van der Waals surface area (Å²) in [6.07, 6.45) is 4.92. The van der Waals surface area contributed by atoms with E-state index in [9.17, 15) is 5.11 Å². The van der Waals surface area contributed by atoms with E-state index >= 15 is 0 Å². The molecule has 3 heteroatoms. The summed E-state index contributed by atoms with van der Waals surface area (Å²) in [5, 5.41) is 10.5. The summed E-state index contributed by atoms with van der Waals surface area (Å²) in [5.74, 6) is 2.44. The molecular formula is C17H23BrO2. The molecule has 1 unspecified atom stereocenters. The molecule has 1 aliphatic heterocycles. The van der Waals surface area contributed by atoms with E-state index in [0.29, 0.717) is 0 Å². The van der Waals surface area contributed by atoms with Crippen LogP contribution in [-0.4, -0.2) is 10.7 Å². The van der Waals surface area contributed by atoms with Gasteiger partial charge in [0, 0.05) is 16.5 Å². The van der Waals surface area contributed by atoms with E-state index in [1.54, 1.807) is 0 Å². The number of aliphatic hydroxyl groups is 1. The lowest BCUT2D eigenvalue weighted by Crippen LogP contribution is -2.44. The molecule has 0 bridgehead atoms. The van der Waals surface area contributed by atoms with Crippen molar-refractivity contribution in [2.75, 3.05) is 0 Å². The number of fused-ring (bicyclic) bond motifs is 1. The highest BCUT2D eigenvalue weighted by atomic mass is 79.9. The maximum atomic E-state index is 10.5. The van der Waals surface area contributed by atoms with Crippen LogP contribution in [0.3, 0.4) is 0 Å². The van der Waals surface area contributed by atoms with Crippen LogP contribution in [0, 0.1) is 11.8 Å². The Labute approximate surface area is 129 Å². The van der Waals surface area contributed by atoms with Gasteiger partial charge in [0.05, 0.1) is 6.10 Å². The van der Waals surface area contributed by atoms with E-state index in [1.807, 2.05) is 18.2 Å². The molecule has 0 radical (unpaired) electrons. The van der Waals surface area contributed by atoms with Crippen molar-refractivity contribution < 1.29 is 9.84 Å². The van der Waals surface area contributed by atoms with E-state index in [-0.39, 0.29) is 5.60 Å². The fourth-order valence-electron chi connectivity index (χ4n) is 3.75. The predicted molar refractivity (Wildman–Crippen MR) is 83.9 cm³/mol. The standard InChI is InChI=1S/C17H23BrO2/c1-11(2)12-5-7-17(8-6-12)10-15(19)14-9-13(18)3-4-16(14)20-17/h3-4,9,11-12,15,19H,5-8,10H2,1-2H3. The first-order chi connectivity index (χ1) is 9.49. The first-order valence-corrected chi connectivity index (χ1v) is 8.45. The van der Waals surface area contributed by atoms with Gasteiger partial charge in [0.15, 0.2) is 0 Å². The van der Waals surface area contributed by atoms with Crippen molar-refractivity contribution in [2.24, 2.45) is 11.8 Å². The molecule has 1 N–H and O–H groups in total. The van der Waals surface area contributed by atoms with Gasteiger partial charge in [0.1, 0.15) is 11.4 Å². The molecule has 0 aromatic heterocycles. The fraction of sp³-hybridized carbons (Fsp3) is 0.647. The molecule has 1 aromatic carbocycles. The summed E-state index contributed by atoms with van der Waals surface area (Å²) in [5.41, 5.74) is 0.794. The maximum absolute atomic E-state index is 10.5. The molecule has 110 valence electrons. The highest BCUT2D eigenvalue weighted by Crippen LogP contribution is 2.48. The van der Waals surface area contributed by atoms with E-state index in [1.165, 1.54) is 12.8 Å². The normalized spacial score (nSPS) is 33.0. The van der Waals surface area contributed by atoms with Gasteiger partial charge in [0.25, 0.3) is 0 Å². The molecule has 1 aromatic rings. The molecule has 0 amide bonds. The minimum atomic E-state index is -0.396. The minimum Gasteiger partial charge on any atom is -0.487 e. The second-order valence-corrected chi connectivity index (χ2v) is 7.68. The van der Waals surface area contributed by atoms with Crippen LogP contribution < -0.4 is 4.74 Å². The molecule has 1 atom stereocenters. The first kappa shape index (κ1) is 14.4. The van der Waals surface area contributed by atoms with Crippen molar-refractivity contribution in [3.63, 3.8) is 0 Å². The molecule has 1 saturated carbocycles. The van der Waals surface area contributed by atoms with Gasteiger partial charge in [-0.3, -0.25) is 0 Å². The summed E-state index contributed by atoms with van der Waals surface area (Å²) in [6, 6.07) is 5.95. The van der Waals surface area contributed by atoms with Crippen LogP contribution in [0.4, 0.5) is 0 Å². The highest BCUT2D eigenvalue weighted by Gasteiger charge is 2.43. The third-order valence-electron chi connectivity index (χ3n) is 5.11. The molecule has 20 heavy (non-hydrogen) atoms. The van der Waals surface area contributed by atoms with E-state index in [4.69, 9.17) is 4.74 Å². The van der Waals surface area contributed by atoms with Crippen molar-refractivity contribution >= 4 is 15.9 Å². The third-order valence-corrected chi connectivity index (χ3v) is 5.60. The Morgan fingerprint density at radius 1 is 1.30 bits per heavy atom. The topological polar surface area (TPSA) is 29.5 Å². The number of ether oxygens (including phenoxy) is 1. The SMILES string of the molecule is CC(C)C1CCC2(CC1)CC(O)c1cc(Br)ccc1O2. The fourth-order valence-corrected chi connectivity index (χ4v) is 4.13. The molecular weight excluding hydrogens is 316 g/mol. The number of hydrogen-bond acceptors (Lipinski definition) is 2. The molecule has 1 aliphatic carbocycles. The summed E-state index contributed by atoms with van der Waals surface area (Å²) in [7, 11) is 0. The van der Waals surface area contributed by atoms with Gasteiger partial charge in [-0.1, -0.05) is 29.8 Å². The zero-order valence-electron chi connectivity index (χ0n) is 12.2. The number of rotatable bonds is 1. The number of aliphatic hydroxyl groups excluding tert-OH is 1. The van der Waals surface area contributed by atoms with Crippen LogP contribution in [0.5, 0.6) is 5.75 Å². The first-order valence-electron chi connectivity index (χ1n) is 7.66. The zero-order chi connectivity index (χ0) is 14.3. The van der Waals surface area contributed by atoms with Gasteiger partial charge < -0.3 is 9.84 Å². The highest BCUT2D eigenvalue weighted by molar-refractivity contribution is 9.10.